The number of nitrogens with one attached hydrogen (secondary N) is 2. The molecule has 126 valence electrons. The zero-order chi connectivity index (χ0) is 16.2. The largest absolute Gasteiger partial charge is 0.396 e. The highest BCUT2D eigenvalue weighted by atomic mass is 19.1. The van der Waals surface area contributed by atoms with Crippen LogP contribution in [0.3, 0.4) is 0 Å². The van der Waals surface area contributed by atoms with Crippen LogP contribution in [-0.4, -0.2) is 23.8 Å². The van der Waals surface area contributed by atoms with Gasteiger partial charge in [-0.25, -0.2) is 9.18 Å². The van der Waals surface area contributed by atoms with Crippen LogP contribution in [0.25, 0.3) is 0 Å². The minimum atomic E-state index is -0.256. The first-order chi connectivity index (χ1) is 11.2. The summed E-state index contributed by atoms with van der Waals surface area (Å²) in [5.74, 6) is 0.583. The average Bonchev–Trinajstić information content (AvgIpc) is 3.39. The second-order valence-corrected chi connectivity index (χ2v) is 6.88. The summed E-state index contributed by atoms with van der Waals surface area (Å²) in [6.07, 6.45) is 5.97. The van der Waals surface area contributed by atoms with Crippen LogP contribution in [0, 0.1) is 17.7 Å². The first-order valence-electron chi connectivity index (χ1n) is 8.59. The van der Waals surface area contributed by atoms with Crippen LogP contribution in [-0.2, 0) is 0 Å². The number of urea groups is 1. The lowest BCUT2D eigenvalue weighted by atomic mass is 9.87. The van der Waals surface area contributed by atoms with Gasteiger partial charge in [-0.3, -0.25) is 0 Å². The predicted octanol–water partition coefficient (Wildman–Crippen LogP) is 3.13. The standard InChI is InChI=1S/C18H25FN2O2/c19-15-7-5-14(6-8-15)17(13-3-4-13)21-18(23)20-16-9-1-12(11-22)2-10-16/h5-8,12-13,16-17,22H,1-4,9-11H2,(H2,20,21,23). The van der Waals surface area contributed by atoms with Crippen molar-refractivity contribution in [1.29, 1.82) is 0 Å². The molecule has 2 aliphatic carbocycles. The maximum Gasteiger partial charge on any atom is 0.315 e. The molecule has 3 N–H and O–H groups in total. The summed E-state index contributed by atoms with van der Waals surface area (Å²) in [6.45, 7) is 0.243. The van der Waals surface area contributed by atoms with Gasteiger partial charge in [0.25, 0.3) is 0 Å². The van der Waals surface area contributed by atoms with Crippen molar-refractivity contribution < 1.29 is 14.3 Å². The first-order valence-corrected chi connectivity index (χ1v) is 8.59. The van der Waals surface area contributed by atoms with Crippen molar-refractivity contribution in [2.45, 2.75) is 50.6 Å². The molecule has 0 aliphatic heterocycles. The maximum atomic E-state index is 13.1. The van der Waals surface area contributed by atoms with Crippen molar-refractivity contribution in [1.82, 2.24) is 10.6 Å². The van der Waals surface area contributed by atoms with Crippen LogP contribution in [0.2, 0.25) is 0 Å². The summed E-state index contributed by atoms with van der Waals surface area (Å²) in [6, 6.07) is 6.41. The van der Waals surface area contributed by atoms with E-state index in [1.165, 1.54) is 12.1 Å². The molecule has 3 rings (SSSR count). The zero-order valence-electron chi connectivity index (χ0n) is 13.3. The Morgan fingerprint density at radius 2 is 1.78 bits per heavy atom. The minimum absolute atomic E-state index is 0.0376. The number of rotatable bonds is 5. The molecule has 2 amide bonds. The molecule has 23 heavy (non-hydrogen) atoms. The normalized spacial score (nSPS) is 25.7. The molecular formula is C18H25FN2O2. The van der Waals surface area contributed by atoms with Gasteiger partial charge in [0, 0.05) is 12.6 Å². The van der Waals surface area contributed by atoms with E-state index in [4.69, 9.17) is 5.11 Å². The van der Waals surface area contributed by atoms with Crippen LogP contribution in [0.1, 0.15) is 50.1 Å². The second-order valence-electron chi connectivity index (χ2n) is 6.88. The lowest BCUT2D eigenvalue weighted by Crippen LogP contribution is -2.45. The van der Waals surface area contributed by atoms with Gasteiger partial charge in [0.05, 0.1) is 6.04 Å². The number of amides is 2. The summed E-state index contributed by atoms with van der Waals surface area (Å²) < 4.78 is 13.1. The molecule has 2 aliphatic rings. The SMILES string of the molecule is O=C(NC1CCC(CO)CC1)NC(c1ccc(F)cc1)C1CC1. The topological polar surface area (TPSA) is 61.4 Å². The van der Waals surface area contributed by atoms with Gasteiger partial charge in [-0.1, -0.05) is 12.1 Å². The van der Waals surface area contributed by atoms with Crippen LogP contribution in [0.15, 0.2) is 24.3 Å². The molecule has 0 radical (unpaired) electrons. The first kappa shape index (κ1) is 16.2. The Kier molecular flexibility index (Phi) is 5.16. The molecule has 2 saturated carbocycles. The summed E-state index contributed by atoms with van der Waals surface area (Å²) in [7, 11) is 0. The van der Waals surface area contributed by atoms with Crippen molar-refractivity contribution in [2.75, 3.05) is 6.61 Å². The molecule has 5 heteroatoms. The van der Waals surface area contributed by atoms with Gasteiger partial charge in [0.2, 0.25) is 0 Å². The summed E-state index contributed by atoms with van der Waals surface area (Å²) >= 11 is 0. The summed E-state index contributed by atoms with van der Waals surface area (Å²) in [5.41, 5.74) is 0.966. The van der Waals surface area contributed by atoms with Crippen molar-refractivity contribution in [3.8, 4) is 0 Å². The monoisotopic (exact) mass is 320 g/mol. The molecule has 0 heterocycles. The van der Waals surface area contributed by atoms with Gasteiger partial charge in [0.1, 0.15) is 5.82 Å². The van der Waals surface area contributed by atoms with E-state index < -0.39 is 0 Å². The Bertz CT molecular complexity index is 522. The third-order valence-corrected chi connectivity index (χ3v) is 5.05. The maximum absolute atomic E-state index is 13.1. The predicted molar refractivity (Wildman–Crippen MR) is 86.4 cm³/mol. The Balaban J connectivity index is 1.54. The van der Waals surface area contributed by atoms with Gasteiger partial charge >= 0.3 is 6.03 Å². The summed E-state index contributed by atoms with van der Waals surface area (Å²) in [5, 5.41) is 15.3. The van der Waals surface area contributed by atoms with E-state index in [-0.39, 0.29) is 30.5 Å². The molecule has 1 aromatic carbocycles. The van der Waals surface area contributed by atoms with Gasteiger partial charge < -0.3 is 15.7 Å². The highest BCUT2D eigenvalue weighted by molar-refractivity contribution is 5.75. The molecule has 4 nitrogen and oxygen atoms in total. The second kappa shape index (κ2) is 7.30. The quantitative estimate of drug-likeness (QED) is 0.780. The Morgan fingerprint density at radius 1 is 1.13 bits per heavy atom. The van der Waals surface area contributed by atoms with E-state index >= 15 is 0 Å². The fourth-order valence-corrected chi connectivity index (χ4v) is 3.43. The molecular weight excluding hydrogens is 295 g/mol. The molecule has 1 unspecified atom stereocenters. The van der Waals surface area contributed by atoms with E-state index in [9.17, 15) is 9.18 Å². The third-order valence-electron chi connectivity index (χ3n) is 5.05. The molecule has 0 bridgehead atoms. The fourth-order valence-electron chi connectivity index (χ4n) is 3.43. The van der Waals surface area contributed by atoms with Gasteiger partial charge in [-0.15, -0.1) is 0 Å². The number of aliphatic hydroxyl groups excluding tert-OH is 1. The average molecular weight is 320 g/mol. The molecule has 0 spiro atoms. The zero-order valence-corrected chi connectivity index (χ0v) is 13.3. The van der Waals surface area contributed by atoms with E-state index in [1.807, 2.05) is 0 Å². The Labute approximate surface area is 136 Å². The molecule has 0 aromatic heterocycles. The number of carbonyl (C=O) groups is 1. The molecule has 1 atom stereocenters. The number of hydrogen-bond donors (Lipinski definition) is 3. The lowest BCUT2D eigenvalue weighted by molar-refractivity contribution is 0.174. The van der Waals surface area contributed by atoms with Crippen molar-refractivity contribution in [3.05, 3.63) is 35.6 Å². The highest BCUT2D eigenvalue weighted by Gasteiger charge is 2.34. The molecule has 1 aromatic rings. The van der Waals surface area contributed by atoms with E-state index in [2.05, 4.69) is 10.6 Å². The van der Waals surface area contributed by atoms with Crippen molar-refractivity contribution >= 4 is 6.03 Å². The number of aliphatic hydroxyl groups is 1. The van der Waals surface area contributed by atoms with E-state index in [0.717, 1.165) is 44.1 Å². The lowest BCUT2D eigenvalue weighted by Gasteiger charge is -2.29. The van der Waals surface area contributed by atoms with Crippen LogP contribution in [0.5, 0.6) is 0 Å². The van der Waals surface area contributed by atoms with Crippen molar-refractivity contribution in [3.63, 3.8) is 0 Å². The van der Waals surface area contributed by atoms with Crippen LogP contribution >= 0.6 is 0 Å². The van der Waals surface area contributed by atoms with Gasteiger partial charge in [-0.05, 0) is 68.1 Å². The number of hydrogen-bond acceptors (Lipinski definition) is 2. The molecule has 2 fully saturated rings. The van der Waals surface area contributed by atoms with Gasteiger partial charge in [-0.2, -0.15) is 0 Å². The number of carbonyl (C=O) groups excluding carboxylic acids is 1. The number of benzene rings is 1. The fraction of sp³-hybridized carbons (Fsp3) is 0.611. The molecule has 0 saturated heterocycles. The Hall–Kier alpha value is -1.62. The Morgan fingerprint density at radius 3 is 2.35 bits per heavy atom. The highest BCUT2D eigenvalue weighted by Crippen LogP contribution is 2.41. The minimum Gasteiger partial charge on any atom is -0.396 e. The van der Waals surface area contributed by atoms with Gasteiger partial charge in [0.15, 0.2) is 0 Å². The van der Waals surface area contributed by atoms with E-state index in [1.54, 1.807) is 12.1 Å². The van der Waals surface area contributed by atoms with Crippen LogP contribution < -0.4 is 10.6 Å². The number of halogens is 1. The van der Waals surface area contributed by atoms with Crippen molar-refractivity contribution in [2.24, 2.45) is 11.8 Å². The third kappa shape index (κ3) is 4.44. The summed E-state index contributed by atoms with van der Waals surface area (Å²) in [4.78, 5) is 12.3. The smallest absolute Gasteiger partial charge is 0.315 e. The van der Waals surface area contributed by atoms with E-state index in [0.29, 0.717) is 11.8 Å². The van der Waals surface area contributed by atoms with Crippen LogP contribution in [0.4, 0.5) is 9.18 Å².